The van der Waals surface area contributed by atoms with E-state index in [1.54, 1.807) is 0 Å². The molecular weight excluding hydrogens is 198 g/mol. The lowest BCUT2D eigenvalue weighted by Crippen LogP contribution is -2.55. The van der Waals surface area contributed by atoms with Gasteiger partial charge in [-0.3, -0.25) is 0 Å². The van der Waals surface area contributed by atoms with Crippen LogP contribution in [0.4, 0.5) is 0 Å². The summed E-state index contributed by atoms with van der Waals surface area (Å²) >= 11 is 0. The minimum atomic E-state index is -0.631. The zero-order valence-corrected chi connectivity index (χ0v) is 9.69. The Morgan fingerprint density at radius 1 is 1.31 bits per heavy atom. The minimum absolute atomic E-state index is 0.443. The number of hydrogen-bond acceptors (Lipinski definition) is 2. The van der Waals surface area contributed by atoms with Gasteiger partial charge >= 0.3 is 0 Å². The molecule has 1 aliphatic carbocycles. The molecule has 3 saturated heterocycles. The van der Waals surface area contributed by atoms with Gasteiger partial charge in [-0.1, -0.05) is 6.08 Å². The van der Waals surface area contributed by atoms with Crippen LogP contribution in [0.25, 0.3) is 0 Å². The Kier molecular flexibility index (Phi) is 2.50. The van der Waals surface area contributed by atoms with Crippen LogP contribution >= 0.6 is 0 Å². The average Bonchev–Trinajstić information content (AvgIpc) is 2.77. The van der Waals surface area contributed by atoms with Crippen molar-refractivity contribution < 1.29 is 5.11 Å². The third kappa shape index (κ3) is 1.58. The van der Waals surface area contributed by atoms with Gasteiger partial charge in [-0.2, -0.15) is 0 Å². The average molecular weight is 216 g/mol. The molecule has 3 heterocycles. The topological polar surface area (TPSA) is 23.5 Å². The first-order valence-electron chi connectivity index (χ1n) is 6.09. The number of piperidine rings is 3. The molecule has 4 rings (SSSR count). The SMILES string of the molecule is C[C@@]1(O)/C(=C\[C]2[CH][CH][CH][CH]2)N2CCC1CC2. The highest BCUT2D eigenvalue weighted by atomic mass is 16.3. The second-order valence-corrected chi connectivity index (χ2v) is 5.16. The second-order valence-electron chi connectivity index (χ2n) is 5.16. The molecule has 0 spiro atoms. The normalized spacial score (nSPS) is 42.2. The van der Waals surface area contributed by atoms with Crippen LogP contribution in [-0.4, -0.2) is 28.7 Å². The molecule has 85 valence electrons. The summed E-state index contributed by atoms with van der Waals surface area (Å²) in [5, 5.41) is 10.6. The largest absolute Gasteiger partial charge is 0.384 e. The Morgan fingerprint density at radius 3 is 2.50 bits per heavy atom. The van der Waals surface area contributed by atoms with Gasteiger partial charge < -0.3 is 10.0 Å². The summed E-state index contributed by atoms with van der Waals surface area (Å²) in [6.45, 7) is 4.18. The molecule has 0 aromatic heterocycles. The first kappa shape index (κ1) is 10.6. The smallest absolute Gasteiger partial charge is 0.104 e. The van der Waals surface area contributed by atoms with E-state index in [-0.39, 0.29) is 0 Å². The summed E-state index contributed by atoms with van der Waals surface area (Å²) in [4.78, 5) is 2.34. The van der Waals surface area contributed by atoms with Crippen LogP contribution in [0.3, 0.4) is 0 Å². The summed E-state index contributed by atoms with van der Waals surface area (Å²) in [5.41, 5.74) is 0.481. The van der Waals surface area contributed by atoms with Crippen LogP contribution in [0.5, 0.6) is 0 Å². The highest BCUT2D eigenvalue weighted by molar-refractivity contribution is 5.45. The maximum absolute atomic E-state index is 10.6. The molecule has 0 unspecified atom stereocenters. The standard InChI is InChI=1S/C14H18NO/c1-14(16)12-6-8-15(9-7-12)13(14)10-11-4-2-3-5-11/h2-5,10,12,16H,6-9H2,1H3/b13-10+/t14-/m0/s1. The fourth-order valence-electron chi connectivity index (χ4n) is 3.09. The summed E-state index contributed by atoms with van der Waals surface area (Å²) < 4.78 is 0. The Hall–Kier alpha value is -0.500. The van der Waals surface area contributed by atoms with E-state index in [1.165, 1.54) is 5.92 Å². The lowest BCUT2D eigenvalue weighted by Gasteiger charge is -2.52. The molecular formula is C14H18NO. The zero-order chi connectivity index (χ0) is 11.2. The maximum Gasteiger partial charge on any atom is 0.104 e. The summed E-state index contributed by atoms with van der Waals surface area (Å²) in [7, 11) is 0. The van der Waals surface area contributed by atoms with E-state index in [4.69, 9.17) is 0 Å². The molecule has 2 bridgehead atoms. The fourth-order valence-corrected chi connectivity index (χ4v) is 3.09. The highest BCUT2D eigenvalue weighted by Gasteiger charge is 2.45. The van der Waals surface area contributed by atoms with Crippen molar-refractivity contribution >= 4 is 0 Å². The van der Waals surface area contributed by atoms with E-state index in [2.05, 4.69) is 23.8 Å². The molecule has 4 aliphatic rings. The van der Waals surface area contributed by atoms with Gasteiger partial charge in [0.1, 0.15) is 5.60 Å². The zero-order valence-electron chi connectivity index (χ0n) is 9.69. The lowest BCUT2D eigenvalue weighted by molar-refractivity contribution is -0.0580. The van der Waals surface area contributed by atoms with Crippen LogP contribution < -0.4 is 0 Å². The first-order chi connectivity index (χ1) is 7.68. The Balaban J connectivity index is 1.86. The van der Waals surface area contributed by atoms with E-state index in [1.807, 2.05) is 19.8 Å². The van der Waals surface area contributed by atoms with Gasteiger partial charge in [0.2, 0.25) is 0 Å². The van der Waals surface area contributed by atoms with Crippen LogP contribution in [0, 0.1) is 37.5 Å². The fraction of sp³-hybridized carbons (Fsp3) is 0.500. The number of fused-ring (bicyclic) bond motifs is 3. The van der Waals surface area contributed by atoms with E-state index in [9.17, 15) is 5.11 Å². The first-order valence-corrected chi connectivity index (χ1v) is 6.09. The summed E-state index contributed by atoms with van der Waals surface area (Å²) in [6, 6.07) is 0. The minimum Gasteiger partial charge on any atom is -0.384 e. The van der Waals surface area contributed by atoms with Crippen molar-refractivity contribution in [3.63, 3.8) is 0 Å². The molecule has 16 heavy (non-hydrogen) atoms. The van der Waals surface area contributed by atoms with E-state index in [0.29, 0.717) is 5.92 Å². The molecule has 0 amide bonds. The number of hydrogen-bond donors (Lipinski definition) is 1. The van der Waals surface area contributed by atoms with Crippen molar-refractivity contribution in [3.8, 4) is 0 Å². The number of rotatable bonds is 1. The number of aliphatic hydroxyl groups is 1. The molecule has 5 radical (unpaired) electrons. The van der Waals surface area contributed by atoms with Gasteiger partial charge in [0.05, 0.1) is 0 Å². The second kappa shape index (κ2) is 3.76. The highest BCUT2D eigenvalue weighted by Crippen LogP contribution is 2.43. The predicted molar refractivity (Wildman–Crippen MR) is 63.4 cm³/mol. The van der Waals surface area contributed by atoms with Gasteiger partial charge in [-0.05, 0) is 51.4 Å². The van der Waals surface area contributed by atoms with Crippen molar-refractivity contribution in [2.75, 3.05) is 13.1 Å². The third-order valence-corrected chi connectivity index (χ3v) is 4.14. The van der Waals surface area contributed by atoms with Gasteiger partial charge in [0, 0.05) is 24.7 Å². The van der Waals surface area contributed by atoms with Crippen LogP contribution in [0.15, 0.2) is 11.8 Å². The monoisotopic (exact) mass is 216 g/mol. The van der Waals surface area contributed by atoms with E-state index >= 15 is 0 Å². The predicted octanol–water partition coefficient (Wildman–Crippen LogP) is 1.75. The summed E-state index contributed by atoms with van der Waals surface area (Å²) in [6.07, 6.45) is 12.7. The molecule has 3 aliphatic heterocycles. The van der Waals surface area contributed by atoms with Crippen molar-refractivity contribution in [3.05, 3.63) is 43.4 Å². The lowest BCUT2D eigenvalue weighted by atomic mass is 9.73. The van der Waals surface area contributed by atoms with Crippen molar-refractivity contribution in [2.24, 2.45) is 5.92 Å². The Morgan fingerprint density at radius 2 is 1.94 bits per heavy atom. The van der Waals surface area contributed by atoms with Crippen LogP contribution in [0.1, 0.15) is 19.8 Å². The molecule has 0 aromatic carbocycles. The van der Waals surface area contributed by atoms with Gasteiger partial charge in [-0.25, -0.2) is 0 Å². The number of nitrogens with zero attached hydrogens (tertiary/aromatic N) is 1. The van der Waals surface area contributed by atoms with Gasteiger partial charge in [-0.15, -0.1) is 0 Å². The van der Waals surface area contributed by atoms with Crippen LogP contribution in [-0.2, 0) is 0 Å². The van der Waals surface area contributed by atoms with E-state index < -0.39 is 5.60 Å². The van der Waals surface area contributed by atoms with E-state index in [0.717, 1.165) is 31.6 Å². The van der Waals surface area contributed by atoms with Crippen molar-refractivity contribution in [2.45, 2.75) is 25.4 Å². The molecule has 1 saturated carbocycles. The third-order valence-electron chi connectivity index (χ3n) is 4.14. The molecule has 2 heteroatoms. The maximum atomic E-state index is 10.6. The van der Waals surface area contributed by atoms with Gasteiger partial charge in [0.25, 0.3) is 0 Å². The van der Waals surface area contributed by atoms with Gasteiger partial charge in [0.15, 0.2) is 0 Å². The number of allylic oxidation sites excluding steroid dienone is 1. The summed E-state index contributed by atoms with van der Waals surface area (Å²) in [5.74, 6) is 1.64. The van der Waals surface area contributed by atoms with Crippen molar-refractivity contribution in [1.82, 2.24) is 4.90 Å². The molecule has 4 fully saturated rings. The Labute approximate surface area is 98.3 Å². The molecule has 1 atom stereocenters. The molecule has 2 nitrogen and oxygen atoms in total. The molecule has 0 aromatic rings. The van der Waals surface area contributed by atoms with Crippen molar-refractivity contribution in [1.29, 1.82) is 0 Å². The quantitative estimate of drug-likeness (QED) is 0.722. The molecule has 1 N–H and O–H groups in total. The van der Waals surface area contributed by atoms with Crippen LogP contribution in [0.2, 0.25) is 0 Å². The Bertz CT molecular complexity index is 294.